The van der Waals surface area contributed by atoms with Gasteiger partial charge >= 0.3 is 0 Å². The van der Waals surface area contributed by atoms with Gasteiger partial charge in [-0.2, -0.15) is 0 Å². The normalized spacial score (nSPS) is 15.4. The highest BCUT2D eigenvalue weighted by Crippen LogP contribution is 1.91. The van der Waals surface area contributed by atoms with Crippen LogP contribution in [0.1, 0.15) is 0 Å². The van der Waals surface area contributed by atoms with Gasteiger partial charge in [0.05, 0.1) is 5.97 Å². The molecule has 58 valence electrons. The number of aliphatic hydroxyl groups is 2. The molecular formula is C4H5O6-. The summed E-state index contributed by atoms with van der Waals surface area (Å²) in [5.41, 5.74) is 0. The van der Waals surface area contributed by atoms with Crippen LogP contribution in [0.15, 0.2) is 0 Å². The van der Waals surface area contributed by atoms with E-state index in [9.17, 15) is 14.7 Å². The summed E-state index contributed by atoms with van der Waals surface area (Å²) in [5.74, 6) is -1.91. The summed E-state index contributed by atoms with van der Waals surface area (Å²) in [5, 5.41) is 26.4. The Labute approximate surface area is 55.7 Å². The van der Waals surface area contributed by atoms with E-state index in [0.717, 1.165) is 0 Å². The Morgan fingerprint density at radius 1 is 1.60 bits per heavy atom. The summed E-state index contributed by atoms with van der Waals surface area (Å²) < 4.78 is 3.67. The number of aliphatic hydroxyl groups excluding tert-OH is 2. The molecule has 0 spiro atoms. The summed E-state index contributed by atoms with van der Waals surface area (Å²) in [6.45, 7) is -0.184. The molecule has 10 heavy (non-hydrogen) atoms. The molecule has 0 aliphatic rings. The molecule has 0 saturated carbocycles. The van der Waals surface area contributed by atoms with E-state index >= 15 is 0 Å². The van der Waals surface area contributed by atoms with Gasteiger partial charge in [-0.15, -0.1) is 0 Å². The number of carboxylic acid groups (broad SMARTS) is 1. The van der Waals surface area contributed by atoms with Crippen molar-refractivity contribution in [2.75, 3.05) is 0 Å². The molecule has 0 amide bonds. The Bertz CT molecular complexity index is 132. The molecule has 6 heteroatoms. The molecule has 6 nitrogen and oxygen atoms in total. The maximum absolute atomic E-state index is 9.70. The van der Waals surface area contributed by atoms with Gasteiger partial charge in [0.1, 0.15) is 0 Å². The molecule has 0 aliphatic carbocycles. The van der Waals surface area contributed by atoms with Crippen molar-refractivity contribution in [2.45, 2.75) is 12.4 Å². The highest BCUT2D eigenvalue weighted by molar-refractivity contribution is 5.70. The first-order valence-corrected chi connectivity index (χ1v) is 2.25. The van der Waals surface area contributed by atoms with E-state index in [1.165, 1.54) is 0 Å². The average Bonchev–Trinajstić information content (AvgIpc) is 1.87. The van der Waals surface area contributed by atoms with Crippen LogP contribution < -0.4 is 5.11 Å². The lowest BCUT2D eigenvalue weighted by Gasteiger charge is -2.15. The van der Waals surface area contributed by atoms with Crippen LogP contribution in [0.25, 0.3) is 0 Å². The first-order valence-electron chi connectivity index (χ1n) is 2.25. The second kappa shape index (κ2) is 3.80. The van der Waals surface area contributed by atoms with Crippen LogP contribution in [0.4, 0.5) is 0 Å². The first kappa shape index (κ1) is 8.86. The molecule has 0 saturated heterocycles. The number of aliphatic carboxylic acids is 1. The van der Waals surface area contributed by atoms with Gasteiger partial charge in [-0.1, -0.05) is 0 Å². The van der Waals surface area contributed by atoms with Gasteiger partial charge in [0.2, 0.25) is 6.29 Å². The zero-order valence-electron chi connectivity index (χ0n) is 4.76. The Kier molecular flexibility index (Phi) is 3.37. The molecule has 0 aromatic rings. The zero-order valence-corrected chi connectivity index (χ0v) is 4.76. The van der Waals surface area contributed by atoms with E-state index in [2.05, 4.69) is 4.74 Å². The molecule has 2 N–H and O–H groups in total. The number of hydrogen-bond acceptors (Lipinski definition) is 6. The maximum Gasteiger partial charge on any atom is 0.295 e. The Morgan fingerprint density at radius 3 is 2.40 bits per heavy atom. The molecule has 0 radical (unpaired) electrons. The average molecular weight is 149 g/mol. The lowest BCUT2D eigenvalue weighted by Crippen LogP contribution is -2.44. The quantitative estimate of drug-likeness (QED) is 0.318. The first-order chi connectivity index (χ1) is 4.59. The van der Waals surface area contributed by atoms with Crippen LogP contribution in [0.3, 0.4) is 0 Å². The van der Waals surface area contributed by atoms with E-state index < -0.39 is 18.4 Å². The highest BCUT2D eigenvalue weighted by atomic mass is 16.6. The van der Waals surface area contributed by atoms with E-state index in [1.807, 2.05) is 0 Å². The minimum Gasteiger partial charge on any atom is -0.547 e. The van der Waals surface area contributed by atoms with Crippen LogP contribution in [-0.2, 0) is 14.3 Å². The van der Waals surface area contributed by atoms with Gasteiger partial charge in [0, 0.05) is 0 Å². The fourth-order valence-corrected chi connectivity index (χ4v) is 0.248. The van der Waals surface area contributed by atoms with Gasteiger partial charge in [-0.25, -0.2) is 0 Å². The molecule has 0 bridgehead atoms. The fourth-order valence-electron chi connectivity index (χ4n) is 0.248. The van der Waals surface area contributed by atoms with E-state index in [4.69, 9.17) is 10.2 Å². The molecule has 0 aromatic carbocycles. The van der Waals surface area contributed by atoms with Gasteiger partial charge < -0.3 is 24.9 Å². The van der Waals surface area contributed by atoms with Crippen molar-refractivity contribution in [3.63, 3.8) is 0 Å². The number of carboxylic acids is 1. The van der Waals surface area contributed by atoms with E-state index in [-0.39, 0.29) is 6.47 Å². The fraction of sp³-hybridized carbons (Fsp3) is 0.500. The molecule has 0 aromatic heterocycles. The van der Waals surface area contributed by atoms with E-state index in [1.54, 1.807) is 0 Å². The second-order valence-corrected chi connectivity index (χ2v) is 1.39. The number of hydrogen-bond donors (Lipinski definition) is 2. The standard InChI is InChI=1S/C4H6O6/c5-1-10-4(9)2(6)3(7)8/h1-2,4,6,9H,(H,7,8)/p-1/t2-,4+/m0/s1. The summed E-state index contributed by atoms with van der Waals surface area (Å²) >= 11 is 0. The van der Waals surface area contributed by atoms with Crippen LogP contribution in [0.5, 0.6) is 0 Å². The van der Waals surface area contributed by atoms with Crippen molar-refractivity contribution in [3.8, 4) is 0 Å². The topological polar surface area (TPSA) is 107 Å². The van der Waals surface area contributed by atoms with Crippen LogP contribution in [0, 0.1) is 0 Å². The zero-order chi connectivity index (χ0) is 8.15. The summed E-state index contributed by atoms with van der Waals surface area (Å²) in [4.78, 5) is 19.1. The predicted molar refractivity (Wildman–Crippen MR) is 24.2 cm³/mol. The van der Waals surface area contributed by atoms with Crippen LogP contribution in [0.2, 0.25) is 0 Å². The van der Waals surface area contributed by atoms with Crippen molar-refractivity contribution in [1.82, 2.24) is 0 Å². The monoisotopic (exact) mass is 149 g/mol. The predicted octanol–water partition coefficient (Wildman–Crippen LogP) is -3.41. The number of carbonyl (C=O) groups excluding carboxylic acids is 2. The number of rotatable bonds is 4. The van der Waals surface area contributed by atoms with Crippen molar-refractivity contribution in [2.24, 2.45) is 0 Å². The van der Waals surface area contributed by atoms with Gasteiger partial charge in [-0.3, -0.25) is 4.79 Å². The third kappa shape index (κ3) is 2.42. The van der Waals surface area contributed by atoms with Crippen molar-refractivity contribution in [3.05, 3.63) is 0 Å². The largest absolute Gasteiger partial charge is 0.547 e. The lowest BCUT2D eigenvalue weighted by molar-refractivity contribution is -0.323. The lowest BCUT2D eigenvalue weighted by atomic mass is 10.3. The molecular weight excluding hydrogens is 144 g/mol. The Hall–Kier alpha value is -1.14. The Morgan fingerprint density at radius 2 is 2.10 bits per heavy atom. The summed E-state index contributed by atoms with van der Waals surface area (Å²) in [7, 11) is 0. The minimum atomic E-state index is -2.20. The van der Waals surface area contributed by atoms with Crippen LogP contribution >= 0.6 is 0 Å². The third-order valence-corrected chi connectivity index (χ3v) is 0.707. The van der Waals surface area contributed by atoms with Crippen molar-refractivity contribution < 1.29 is 29.6 Å². The highest BCUT2D eigenvalue weighted by Gasteiger charge is 2.17. The van der Waals surface area contributed by atoms with Crippen molar-refractivity contribution in [1.29, 1.82) is 0 Å². The third-order valence-electron chi connectivity index (χ3n) is 0.707. The van der Waals surface area contributed by atoms with Gasteiger partial charge in [-0.05, 0) is 0 Å². The Balaban J connectivity index is 3.80. The molecule has 0 aliphatic heterocycles. The molecule has 2 atom stereocenters. The summed E-state index contributed by atoms with van der Waals surface area (Å²) in [6, 6.07) is 0. The molecule has 0 heterocycles. The number of ether oxygens (including phenoxy) is 1. The summed E-state index contributed by atoms with van der Waals surface area (Å²) in [6.07, 6.45) is -4.27. The molecule has 0 rings (SSSR count). The SMILES string of the molecule is O=CO[C@@H](O)[C@@H](O)C(=O)[O-]. The van der Waals surface area contributed by atoms with Gasteiger partial charge in [0.15, 0.2) is 6.10 Å². The molecule has 0 unspecified atom stereocenters. The minimum absolute atomic E-state index is 0.184. The maximum atomic E-state index is 9.70. The van der Waals surface area contributed by atoms with Crippen LogP contribution in [-0.4, -0.2) is 35.0 Å². The second-order valence-electron chi connectivity index (χ2n) is 1.39. The van der Waals surface area contributed by atoms with Gasteiger partial charge in [0.25, 0.3) is 6.47 Å². The van der Waals surface area contributed by atoms with Crippen molar-refractivity contribution >= 4 is 12.4 Å². The molecule has 0 fully saturated rings. The number of carbonyl (C=O) groups is 2. The van der Waals surface area contributed by atoms with E-state index in [0.29, 0.717) is 0 Å². The smallest absolute Gasteiger partial charge is 0.295 e.